The second-order valence-electron chi connectivity index (χ2n) is 7.75. The standard InChI is InChI=1S/C26H26O4S/c1-26(20-9-4-2-5-10-20,21-11-6-3-7-12-21)31-16-15-19-17-30-25-22(19)13-8-14-23(25)29-18-24(27)28/h2-14,19H,15-18H2,1H3,(H,27,28)/p-1. The normalized spacial score (nSPS) is 15.2. The van der Waals surface area contributed by atoms with Gasteiger partial charge in [-0.05, 0) is 36.3 Å². The lowest BCUT2D eigenvalue weighted by Crippen LogP contribution is -2.29. The second-order valence-corrected chi connectivity index (χ2v) is 9.26. The Labute approximate surface area is 187 Å². The van der Waals surface area contributed by atoms with Crippen molar-refractivity contribution in [3.05, 3.63) is 95.6 Å². The van der Waals surface area contributed by atoms with Crippen molar-refractivity contribution in [1.29, 1.82) is 0 Å². The van der Waals surface area contributed by atoms with Gasteiger partial charge in [-0.1, -0.05) is 72.8 Å². The summed E-state index contributed by atoms with van der Waals surface area (Å²) in [4.78, 5) is 10.7. The van der Waals surface area contributed by atoms with Gasteiger partial charge in [-0.2, -0.15) is 0 Å². The zero-order chi connectivity index (χ0) is 21.7. The van der Waals surface area contributed by atoms with E-state index in [1.54, 1.807) is 6.07 Å². The predicted molar refractivity (Wildman–Crippen MR) is 122 cm³/mol. The first-order chi connectivity index (χ1) is 15.1. The van der Waals surface area contributed by atoms with Gasteiger partial charge >= 0.3 is 0 Å². The van der Waals surface area contributed by atoms with Crippen LogP contribution >= 0.6 is 11.8 Å². The van der Waals surface area contributed by atoms with E-state index < -0.39 is 12.6 Å². The average Bonchev–Trinajstić information content (AvgIpc) is 3.22. The molecule has 0 N–H and O–H groups in total. The lowest BCUT2D eigenvalue weighted by molar-refractivity contribution is -0.307. The summed E-state index contributed by atoms with van der Waals surface area (Å²) in [5.41, 5.74) is 3.65. The maximum atomic E-state index is 10.7. The number of carboxylic acid groups (broad SMARTS) is 1. The fourth-order valence-electron chi connectivity index (χ4n) is 4.02. The number of fused-ring (bicyclic) bond motifs is 1. The fourth-order valence-corrected chi connectivity index (χ4v) is 5.44. The first-order valence-corrected chi connectivity index (χ1v) is 11.4. The zero-order valence-electron chi connectivity index (χ0n) is 17.5. The zero-order valence-corrected chi connectivity index (χ0v) is 18.3. The number of hydrogen-bond donors (Lipinski definition) is 0. The van der Waals surface area contributed by atoms with Crippen molar-refractivity contribution in [3.8, 4) is 11.5 Å². The van der Waals surface area contributed by atoms with Crippen molar-refractivity contribution >= 4 is 17.7 Å². The van der Waals surface area contributed by atoms with E-state index in [9.17, 15) is 9.90 Å². The molecule has 0 saturated heterocycles. The number of ether oxygens (including phenoxy) is 2. The van der Waals surface area contributed by atoms with Crippen molar-refractivity contribution < 1.29 is 19.4 Å². The number of thioether (sulfide) groups is 1. The molecule has 3 aromatic carbocycles. The SMILES string of the molecule is CC(SCCC1COc2c(OCC(=O)[O-])cccc21)(c1ccccc1)c1ccccc1. The van der Waals surface area contributed by atoms with Gasteiger partial charge in [0.15, 0.2) is 11.5 Å². The summed E-state index contributed by atoms with van der Waals surface area (Å²) in [6.45, 7) is 2.38. The van der Waals surface area contributed by atoms with Gasteiger partial charge in [0.2, 0.25) is 0 Å². The Morgan fingerprint density at radius 3 is 2.29 bits per heavy atom. The highest BCUT2D eigenvalue weighted by Gasteiger charge is 2.31. The molecule has 0 spiro atoms. The third-order valence-corrected chi connectivity index (χ3v) is 7.22. The van der Waals surface area contributed by atoms with Gasteiger partial charge in [-0.25, -0.2) is 0 Å². The van der Waals surface area contributed by atoms with E-state index >= 15 is 0 Å². The van der Waals surface area contributed by atoms with Crippen LogP contribution in [0.2, 0.25) is 0 Å². The highest BCUT2D eigenvalue weighted by molar-refractivity contribution is 8.00. The lowest BCUT2D eigenvalue weighted by Gasteiger charge is -2.31. The fraction of sp³-hybridized carbons (Fsp3) is 0.269. The minimum Gasteiger partial charge on any atom is -0.546 e. The molecular weight excluding hydrogens is 408 g/mol. The molecule has 4 nitrogen and oxygen atoms in total. The Morgan fingerprint density at radius 1 is 1.03 bits per heavy atom. The highest BCUT2D eigenvalue weighted by atomic mass is 32.2. The van der Waals surface area contributed by atoms with E-state index in [4.69, 9.17) is 9.47 Å². The molecule has 1 aliphatic heterocycles. The summed E-state index contributed by atoms with van der Waals surface area (Å²) in [6, 6.07) is 26.9. The quantitative estimate of drug-likeness (QED) is 0.501. The third-order valence-electron chi connectivity index (χ3n) is 5.73. The van der Waals surface area contributed by atoms with Crippen molar-refractivity contribution in [1.82, 2.24) is 0 Å². The van der Waals surface area contributed by atoms with Crippen molar-refractivity contribution in [2.24, 2.45) is 0 Å². The molecule has 0 aromatic heterocycles. The topological polar surface area (TPSA) is 58.6 Å². The second kappa shape index (κ2) is 9.48. The van der Waals surface area contributed by atoms with Crippen molar-refractivity contribution in [3.63, 3.8) is 0 Å². The van der Waals surface area contributed by atoms with Crippen LogP contribution < -0.4 is 14.6 Å². The Hall–Kier alpha value is -2.92. The van der Waals surface area contributed by atoms with Crippen LogP contribution in [0, 0.1) is 0 Å². The van der Waals surface area contributed by atoms with E-state index in [1.165, 1.54) is 11.1 Å². The molecule has 0 radical (unpaired) electrons. The number of carbonyl (C=O) groups excluding carboxylic acids is 1. The Bertz CT molecular complexity index is 981. The van der Waals surface area contributed by atoms with Gasteiger partial charge in [0.25, 0.3) is 0 Å². The Balaban J connectivity index is 1.48. The number of para-hydroxylation sites is 1. The molecule has 160 valence electrons. The van der Waals surface area contributed by atoms with Crippen LogP contribution in [-0.2, 0) is 9.54 Å². The smallest absolute Gasteiger partial charge is 0.164 e. The largest absolute Gasteiger partial charge is 0.546 e. The van der Waals surface area contributed by atoms with E-state index in [0.29, 0.717) is 18.1 Å². The first-order valence-electron chi connectivity index (χ1n) is 10.4. The maximum Gasteiger partial charge on any atom is 0.164 e. The Kier molecular flexibility index (Phi) is 6.52. The van der Waals surface area contributed by atoms with Crippen LogP contribution in [0.4, 0.5) is 0 Å². The molecule has 0 amide bonds. The van der Waals surface area contributed by atoms with Crippen molar-refractivity contribution in [2.45, 2.75) is 24.0 Å². The van der Waals surface area contributed by atoms with Gasteiger partial charge in [-0.3, -0.25) is 0 Å². The van der Waals surface area contributed by atoms with Gasteiger partial charge in [0.05, 0.1) is 17.3 Å². The molecule has 0 fully saturated rings. The molecule has 31 heavy (non-hydrogen) atoms. The Morgan fingerprint density at radius 2 is 1.68 bits per heavy atom. The van der Waals surface area contributed by atoms with Gasteiger partial charge in [-0.15, -0.1) is 11.8 Å². The molecule has 3 aromatic rings. The molecule has 0 bridgehead atoms. The summed E-state index contributed by atoms with van der Waals surface area (Å²) in [6.07, 6.45) is 0.955. The number of aliphatic carboxylic acids is 1. The highest BCUT2D eigenvalue weighted by Crippen LogP contribution is 2.46. The number of carboxylic acids is 1. The van der Waals surface area contributed by atoms with Crippen LogP contribution in [0.5, 0.6) is 11.5 Å². The minimum absolute atomic E-state index is 0.149. The van der Waals surface area contributed by atoms with Crippen molar-refractivity contribution in [2.75, 3.05) is 19.0 Å². The molecule has 5 heteroatoms. The maximum absolute atomic E-state index is 10.7. The van der Waals surface area contributed by atoms with E-state index in [2.05, 4.69) is 55.5 Å². The summed E-state index contributed by atoms with van der Waals surface area (Å²) in [5.74, 6) is 1.09. The van der Waals surface area contributed by atoms with Crippen LogP contribution in [0.3, 0.4) is 0 Å². The van der Waals surface area contributed by atoms with Crippen LogP contribution in [-0.4, -0.2) is 24.9 Å². The summed E-state index contributed by atoms with van der Waals surface area (Å²) >= 11 is 1.94. The first kappa shape index (κ1) is 21.3. The molecule has 1 heterocycles. The number of benzene rings is 3. The van der Waals surface area contributed by atoms with E-state index in [-0.39, 0.29) is 10.7 Å². The lowest BCUT2D eigenvalue weighted by atomic mass is 9.92. The van der Waals surface area contributed by atoms with Gasteiger partial charge in [0, 0.05) is 11.5 Å². The summed E-state index contributed by atoms with van der Waals surface area (Å²) < 4.78 is 11.1. The molecule has 0 saturated carbocycles. The van der Waals surface area contributed by atoms with Crippen LogP contribution in [0.1, 0.15) is 36.0 Å². The number of rotatable bonds is 9. The monoisotopic (exact) mass is 433 g/mol. The van der Waals surface area contributed by atoms with E-state index in [1.807, 2.05) is 36.0 Å². The number of hydrogen-bond acceptors (Lipinski definition) is 5. The molecule has 1 unspecified atom stereocenters. The van der Waals surface area contributed by atoms with E-state index in [0.717, 1.165) is 17.7 Å². The van der Waals surface area contributed by atoms with Gasteiger partial charge < -0.3 is 19.4 Å². The number of carbonyl (C=O) groups is 1. The minimum atomic E-state index is -1.25. The summed E-state index contributed by atoms with van der Waals surface area (Å²) in [7, 11) is 0. The molecule has 1 aliphatic rings. The van der Waals surface area contributed by atoms with Crippen LogP contribution in [0.15, 0.2) is 78.9 Å². The third kappa shape index (κ3) is 4.72. The van der Waals surface area contributed by atoms with Gasteiger partial charge in [0.1, 0.15) is 6.61 Å². The summed E-state index contributed by atoms with van der Waals surface area (Å²) in [5, 5.41) is 10.7. The molecular formula is C26H25O4S-. The average molecular weight is 434 g/mol. The molecule has 4 rings (SSSR count). The molecule has 1 atom stereocenters. The predicted octanol–water partition coefficient (Wildman–Crippen LogP) is 4.38. The van der Waals surface area contributed by atoms with Crippen LogP contribution in [0.25, 0.3) is 0 Å². The molecule has 0 aliphatic carbocycles.